The number of ether oxygens (including phenoxy) is 2. The molecular weight excluding hydrogens is 238 g/mol. The second-order valence-electron chi connectivity index (χ2n) is 3.57. The molecule has 0 fully saturated rings. The molecule has 0 saturated heterocycles. The van der Waals surface area contributed by atoms with Gasteiger partial charge in [-0.1, -0.05) is 17.7 Å². The van der Waals surface area contributed by atoms with Gasteiger partial charge in [-0.15, -0.1) is 0 Å². The molecule has 3 nitrogen and oxygen atoms in total. The number of pyridine rings is 1. The summed E-state index contributed by atoms with van der Waals surface area (Å²) in [6.45, 7) is 2.00. The highest BCUT2D eigenvalue weighted by molar-refractivity contribution is 6.29. The van der Waals surface area contributed by atoms with Crippen LogP contribution in [-0.2, 0) is 0 Å². The van der Waals surface area contributed by atoms with Gasteiger partial charge in [-0.05, 0) is 30.7 Å². The van der Waals surface area contributed by atoms with E-state index in [1.807, 2.05) is 25.1 Å². The van der Waals surface area contributed by atoms with Crippen LogP contribution in [0.3, 0.4) is 0 Å². The third-order valence-corrected chi connectivity index (χ3v) is 2.45. The van der Waals surface area contributed by atoms with Crippen molar-refractivity contribution in [2.24, 2.45) is 0 Å². The van der Waals surface area contributed by atoms with E-state index in [1.54, 1.807) is 25.4 Å². The second-order valence-corrected chi connectivity index (χ2v) is 3.96. The first kappa shape index (κ1) is 11.7. The van der Waals surface area contributed by atoms with Crippen molar-refractivity contribution >= 4 is 11.6 Å². The minimum atomic E-state index is 0.397. The van der Waals surface area contributed by atoms with Crippen molar-refractivity contribution < 1.29 is 9.47 Å². The topological polar surface area (TPSA) is 31.4 Å². The van der Waals surface area contributed by atoms with E-state index >= 15 is 0 Å². The normalized spacial score (nSPS) is 10.1. The van der Waals surface area contributed by atoms with Crippen LogP contribution in [0.5, 0.6) is 17.2 Å². The maximum Gasteiger partial charge on any atom is 0.169 e. The molecule has 17 heavy (non-hydrogen) atoms. The summed E-state index contributed by atoms with van der Waals surface area (Å²) in [4.78, 5) is 3.89. The largest absolute Gasteiger partial charge is 0.493 e. The molecule has 0 aliphatic heterocycles. The molecular formula is C13H12ClNO2. The molecule has 0 spiro atoms. The molecule has 2 rings (SSSR count). The molecule has 0 aliphatic rings. The monoisotopic (exact) mass is 249 g/mol. The van der Waals surface area contributed by atoms with Crippen LogP contribution < -0.4 is 9.47 Å². The fourth-order valence-electron chi connectivity index (χ4n) is 1.43. The first-order chi connectivity index (χ1) is 8.19. The molecule has 1 aromatic heterocycles. The lowest BCUT2D eigenvalue weighted by atomic mass is 10.2. The fraction of sp³-hybridized carbons (Fsp3) is 0.154. The summed E-state index contributed by atoms with van der Waals surface area (Å²) in [6.07, 6.45) is 1.60. The van der Waals surface area contributed by atoms with Gasteiger partial charge in [-0.25, -0.2) is 4.98 Å². The summed E-state index contributed by atoms with van der Waals surface area (Å²) in [6, 6.07) is 9.13. The summed E-state index contributed by atoms with van der Waals surface area (Å²) in [5.74, 6) is 1.98. The van der Waals surface area contributed by atoms with Crippen LogP contribution in [0.4, 0.5) is 0 Å². The lowest BCUT2D eigenvalue weighted by Gasteiger charge is -2.10. The maximum absolute atomic E-state index is 5.79. The molecule has 0 bridgehead atoms. The van der Waals surface area contributed by atoms with Gasteiger partial charge in [-0.2, -0.15) is 0 Å². The van der Waals surface area contributed by atoms with Crippen LogP contribution in [-0.4, -0.2) is 12.1 Å². The SMILES string of the molecule is COc1cc(C)ccc1Oc1ccnc(Cl)c1. The van der Waals surface area contributed by atoms with Gasteiger partial charge >= 0.3 is 0 Å². The van der Waals surface area contributed by atoms with Crippen molar-refractivity contribution in [1.82, 2.24) is 4.98 Å². The van der Waals surface area contributed by atoms with E-state index in [-0.39, 0.29) is 0 Å². The standard InChI is InChI=1S/C13H12ClNO2/c1-9-3-4-11(12(7-9)16-2)17-10-5-6-15-13(14)8-10/h3-8H,1-2H3. The summed E-state index contributed by atoms with van der Waals surface area (Å²) in [5, 5.41) is 0.397. The maximum atomic E-state index is 5.79. The fourth-order valence-corrected chi connectivity index (χ4v) is 1.60. The molecule has 0 atom stereocenters. The Hall–Kier alpha value is -1.74. The number of rotatable bonds is 3. The van der Waals surface area contributed by atoms with Gasteiger partial charge in [0.05, 0.1) is 7.11 Å². The van der Waals surface area contributed by atoms with Crippen LogP contribution in [0.25, 0.3) is 0 Å². The number of halogens is 1. The van der Waals surface area contributed by atoms with Crippen LogP contribution in [0, 0.1) is 6.92 Å². The molecule has 0 N–H and O–H groups in total. The van der Waals surface area contributed by atoms with Gasteiger partial charge in [0.25, 0.3) is 0 Å². The number of aromatic nitrogens is 1. The highest BCUT2D eigenvalue weighted by atomic mass is 35.5. The predicted molar refractivity (Wildman–Crippen MR) is 67.1 cm³/mol. The average molecular weight is 250 g/mol. The van der Waals surface area contributed by atoms with Gasteiger partial charge in [0.2, 0.25) is 0 Å². The van der Waals surface area contributed by atoms with E-state index in [0.29, 0.717) is 22.4 Å². The lowest BCUT2D eigenvalue weighted by Crippen LogP contribution is -1.91. The van der Waals surface area contributed by atoms with Crippen LogP contribution in [0.2, 0.25) is 5.15 Å². The average Bonchev–Trinajstić information content (AvgIpc) is 2.31. The molecule has 88 valence electrons. The molecule has 0 unspecified atom stereocenters. The van der Waals surface area contributed by atoms with Gasteiger partial charge in [-0.3, -0.25) is 0 Å². The van der Waals surface area contributed by atoms with E-state index in [2.05, 4.69) is 4.98 Å². The lowest BCUT2D eigenvalue weighted by molar-refractivity contribution is 0.378. The Balaban J connectivity index is 2.29. The first-order valence-corrected chi connectivity index (χ1v) is 5.51. The third kappa shape index (κ3) is 2.88. The minimum absolute atomic E-state index is 0.397. The number of aryl methyl sites for hydroxylation is 1. The Morgan fingerprint density at radius 3 is 2.65 bits per heavy atom. The Labute approximate surface area is 105 Å². The van der Waals surface area contributed by atoms with Crippen LogP contribution in [0.1, 0.15) is 5.56 Å². The Bertz CT molecular complexity index is 529. The van der Waals surface area contributed by atoms with Crippen molar-refractivity contribution in [3.05, 3.63) is 47.2 Å². The number of nitrogens with zero attached hydrogens (tertiary/aromatic N) is 1. The molecule has 0 saturated carbocycles. The Kier molecular flexibility index (Phi) is 3.49. The van der Waals surface area contributed by atoms with Crippen molar-refractivity contribution in [3.8, 4) is 17.2 Å². The highest BCUT2D eigenvalue weighted by Gasteiger charge is 2.06. The molecule has 0 amide bonds. The van der Waals surface area contributed by atoms with Crippen LogP contribution >= 0.6 is 11.6 Å². The summed E-state index contributed by atoms with van der Waals surface area (Å²) < 4.78 is 10.9. The zero-order chi connectivity index (χ0) is 12.3. The molecule has 1 aromatic carbocycles. The minimum Gasteiger partial charge on any atom is -0.493 e. The van der Waals surface area contributed by atoms with Crippen molar-refractivity contribution in [3.63, 3.8) is 0 Å². The number of hydrogen-bond acceptors (Lipinski definition) is 3. The molecule has 2 aromatic rings. The summed E-state index contributed by atoms with van der Waals surface area (Å²) >= 11 is 5.79. The van der Waals surface area contributed by atoms with E-state index in [9.17, 15) is 0 Å². The molecule has 4 heteroatoms. The van der Waals surface area contributed by atoms with Gasteiger partial charge in [0.15, 0.2) is 11.5 Å². The molecule has 1 heterocycles. The van der Waals surface area contributed by atoms with E-state index in [1.165, 1.54) is 0 Å². The molecule has 0 radical (unpaired) electrons. The summed E-state index contributed by atoms with van der Waals surface area (Å²) in [5.41, 5.74) is 1.11. The Morgan fingerprint density at radius 2 is 1.94 bits per heavy atom. The van der Waals surface area contributed by atoms with Crippen molar-refractivity contribution in [2.45, 2.75) is 6.92 Å². The van der Waals surface area contributed by atoms with E-state index in [4.69, 9.17) is 21.1 Å². The first-order valence-electron chi connectivity index (χ1n) is 5.13. The molecule has 0 aliphatic carbocycles. The predicted octanol–water partition coefficient (Wildman–Crippen LogP) is 3.84. The zero-order valence-electron chi connectivity index (χ0n) is 9.61. The van der Waals surface area contributed by atoms with Crippen molar-refractivity contribution in [1.29, 1.82) is 0 Å². The van der Waals surface area contributed by atoms with Gasteiger partial charge < -0.3 is 9.47 Å². The van der Waals surface area contributed by atoms with Gasteiger partial charge in [0, 0.05) is 12.3 Å². The number of benzene rings is 1. The zero-order valence-corrected chi connectivity index (χ0v) is 10.4. The Morgan fingerprint density at radius 1 is 1.12 bits per heavy atom. The van der Waals surface area contributed by atoms with Crippen molar-refractivity contribution in [2.75, 3.05) is 7.11 Å². The smallest absolute Gasteiger partial charge is 0.169 e. The highest BCUT2D eigenvalue weighted by Crippen LogP contribution is 2.32. The second kappa shape index (κ2) is 5.06. The van der Waals surface area contributed by atoms with Gasteiger partial charge in [0.1, 0.15) is 10.9 Å². The number of methoxy groups -OCH3 is 1. The van der Waals surface area contributed by atoms with E-state index < -0.39 is 0 Å². The summed E-state index contributed by atoms with van der Waals surface area (Å²) in [7, 11) is 1.61. The third-order valence-electron chi connectivity index (χ3n) is 2.24. The van der Waals surface area contributed by atoms with Crippen LogP contribution in [0.15, 0.2) is 36.5 Å². The van der Waals surface area contributed by atoms with E-state index in [0.717, 1.165) is 5.56 Å². The quantitative estimate of drug-likeness (QED) is 0.775. The number of hydrogen-bond donors (Lipinski definition) is 0.